The molecule has 6 atom stereocenters. The molecule has 37 heavy (non-hydrogen) atoms. The zero-order valence-electron chi connectivity index (χ0n) is 21.5. The first-order chi connectivity index (χ1) is 18.0. The summed E-state index contributed by atoms with van der Waals surface area (Å²) in [6, 6.07) is 14.7. The first kappa shape index (κ1) is 22.4. The molecule has 6 heteroatoms. The molecular weight excluding hydrogens is 464 g/mol. The van der Waals surface area contributed by atoms with Crippen LogP contribution in [-0.4, -0.2) is 53.9 Å². The fourth-order valence-electron chi connectivity index (χ4n) is 9.43. The quantitative estimate of drug-likeness (QED) is 0.635. The van der Waals surface area contributed by atoms with Gasteiger partial charge in [-0.1, -0.05) is 36.4 Å². The summed E-state index contributed by atoms with van der Waals surface area (Å²) in [5.41, 5.74) is 2.20. The molecule has 194 valence electrons. The lowest BCUT2D eigenvalue weighted by Crippen LogP contribution is -2.81. The van der Waals surface area contributed by atoms with E-state index in [1.54, 1.807) is 7.11 Å². The lowest BCUT2D eigenvalue weighted by atomic mass is 9.35. The maximum atomic E-state index is 13.8. The van der Waals surface area contributed by atoms with E-state index in [4.69, 9.17) is 9.47 Å². The number of carbonyl (C=O) groups excluding carboxylic acids is 1. The van der Waals surface area contributed by atoms with Gasteiger partial charge in [0, 0.05) is 35.5 Å². The Morgan fingerprint density at radius 3 is 2.78 bits per heavy atom. The lowest BCUT2D eigenvalue weighted by Gasteiger charge is -2.73. The highest BCUT2D eigenvalue weighted by Gasteiger charge is 2.81. The number of methoxy groups -OCH3 is 1. The molecule has 7 aliphatic rings. The highest BCUT2D eigenvalue weighted by Crippen LogP contribution is 2.76. The van der Waals surface area contributed by atoms with Crippen LogP contribution >= 0.6 is 0 Å². The van der Waals surface area contributed by atoms with Crippen molar-refractivity contribution in [3.63, 3.8) is 0 Å². The Labute approximate surface area is 218 Å². The zero-order valence-corrected chi connectivity index (χ0v) is 21.5. The molecule has 0 aromatic heterocycles. The molecule has 5 aliphatic carbocycles. The minimum Gasteiger partial charge on any atom is -0.493 e. The van der Waals surface area contributed by atoms with Gasteiger partial charge >= 0.3 is 0 Å². The van der Waals surface area contributed by atoms with Crippen LogP contribution in [0, 0.1) is 17.3 Å². The molecular formula is C31H36N2O4. The predicted octanol–water partition coefficient (Wildman–Crippen LogP) is 3.58. The molecule has 1 saturated heterocycles. The standard InChI is InChI=1S/C31H36N2O4/c1-36-23-10-9-21-15-24-29-11-12-31(35,22(16-29)27(34)32-17-19-5-3-2-4-6-19)28-30(29,25(21)26(23)37-28)13-14-33(24)18-20-7-8-20/h2-6,9-10,20,22,24,28,35H,7-8,11-18H2,1H3,(H,32,34)/t22?,24-,28?,29+,30+,31?/m1/s1. The van der Waals surface area contributed by atoms with Gasteiger partial charge in [-0.2, -0.15) is 0 Å². The summed E-state index contributed by atoms with van der Waals surface area (Å²) in [5, 5.41) is 15.7. The SMILES string of the molecule is COc1ccc2c3c1OC1C4(O)CC[C@]5(CC4C(=O)NCc4ccccc4)[C@@H](C2)N(CC2CC2)CC[C@]315. The van der Waals surface area contributed by atoms with Crippen molar-refractivity contribution in [3.8, 4) is 11.5 Å². The van der Waals surface area contributed by atoms with Gasteiger partial charge in [0.15, 0.2) is 11.5 Å². The number of amides is 1. The van der Waals surface area contributed by atoms with E-state index in [-0.39, 0.29) is 16.7 Å². The van der Waals surface area contributed by atoms with E-state index in [2.05, 4.69) is 16.3 Å². The molecule has 0 radical (unpaired) electrons. The van der Waals surface area contributed by atoms with E-state index in [0.29, 0.717) is 19.0 Å². The van der Waals surface area contributed by atoms with Gasteiger partial charge in [-0.15, -0.1) is 0 Å². The average molecular weight is 501 g/mol. The summed E-state index contributed by atoms with van der Waals surface area (Å²) in [6.07, 6.45) is 6.54. The maximum absolute atomic E-state index is 13.8. The van der Waals surface area contributed by atoms with Crippen LogP contribution in [-0.2, 0) is 23.2 Å². The Balaban J connectivity index is 1.23. The number of nitrogens with one attached hydrogen (secondary N) is 1. The number of hydrogen-bond acceptors (Lipinski definition) is 5. The van der Waals surface area contributed by atoms with Gasteiger partial charge < -0.3 is 19.9 Å². The van der Waals surface area contributed by atoms with Crippen molar-refractivity contribution in [2.24, 2.45) is 17.3 Å². The third-order valence-electron chi connectivity index (χ3n) is 11.1. The van der Waals surface area contributed by atoms with Crippen molar-refractivity contribution in [2.75, 3.05) is 20.2 Å². The minimum atomic E-state index is -1.19. The highest BCUT2D eigenvalue weighted by atomic mass is 16.5. The Kier molecular flexibility index (Phi) is 4.55. The Hall–Kier alpha value is -2.57. The van der Waals surface area contributed by atoms with Crippen LogP contribution < -0.4 is 14.8 Å². The van der Waals surface area contributed by atoms with Crippen molar-refractivity contribution in [3.05, 3.63) is 59.2 Å². The molecule has 5 fully saturated rings. The normalized spacial score (nSPS) is 38.6. The molecule has 2 spiro atoms. The third kappa shape index (κ3) is 2.76. The molecule has 1 amide bonds. The number of hydrogen-bond donors (Lipinski definition) is 2. The lowest BCUT2D eigenvalue weighted by molar-refractivity contribution is -0.264. The van der Waals surface area contributed by atoms with Crippen molar-refractivity contribution in [1.29, 1.82) is 0 Å². The smallest absolute Gasteiger partial charge is 0.226 e. The Morgan fingerprint density at radius 2 is 2.00 bits per heavy atom. The van der Waals surface area contributed by atoms with E-state index >= 15 is 0 Å². The fraction of sp³-hybridized carbons (Fsp3) is 0.581. The number of rotatable bonds is 6. The van der Waals surface area contributed by atoms with Gasteiger partial charge in [0.2, 0.25) is 5.91 Å². The summed E-state index contributed by atoms with van der Waals surface area (Å²) in [5.74, 6) is 1.89. The number of benzene rings is 2. The Bertz CT molecular complexity index is 1280. The van der Waals surface area contributed by atoms with Crippen LogP contribution in [0.2, 0.25) is 0 Å². The van der Waals surface area contributed by atoms with Crippen LogP contribution in [0.3, 0.4) is 0 Å². The number of piperidine rings is 1. The summed E-state index contributed by atoms with van der Waals surface area (Å²) >= 11 is 0. The molecule has 3 unspecified atom stereocenters. The van der Waals surface area contributed by atoms with E-state index in [0.717, 1.165) is 55.2 Å². The maximum Gasteiger partial charge on any atom is 0.226 e. The first-order valence-electron chi connectivity index (χ1n) is 14.2. The Morgan fingerprint density at radius 1 is 1.16 bits per heavy atom. The number of ether oxygens (including phenoxy) is 2. The zero-order chi connectivity index (χ0) is 25.0. The van der Waals surface area contributed by atoms with E-state index < -0.39 is 17.6 Å². The number of aliphatic hydroxyl groups is 1. The topological polar surface area (TPSA) is 71.0 Å². The van der Waals surface area contributed by atoms with Crippen LogP contribution in [0.4, 0.5) is 0 Å². The van der Waals surface area contributed by atoms with Crippen molar-refractivity contribution in [1.82, 2.24) is 10.2 Å². The minimum absolute atomic E-state index is 0.0376. The van der Waals surface area contributed by atoms with Gasteiger partial charge in [0.1, 0.15) is 11.7 Å². The highest BCUT2D eigenvalue weighted by molar-refractivity contribution is 5.81. The molecule has 2 aliphatic heterocycles. The van der Waals surface area contributed by atoms with Crippen molar-refractivity contribution >= 4 is 5.91 Å². The van der Waals surface area contributed by atoms with Gasteiger partial charge in [0.05, 0.1) is 13.0 Å². The molecule has 4 bridgehead atoms. The summed E-state index contributed by atoms with van der Waals surface area (Å²) in [7, 11) is 1.70. The molecule has 9 rings (SSSR count). The van der Waals surface area contributed by atoms with Crippen LogP contribution in [0.25, 0.3) is 0 Å². The molecule has 2 heterocycles. The van der Waals surface area contributed by atoms with Crippen molar-refractivity contribution < 1.29 is 19.4 Å². The van der Waals surface area contributed by atoms with Gasteiger partial charge in [-0.3, -0.25) is 9.69 Å². The van der Waals surface area contributed by atoms with Crippen molar-refractivity contribution in [2.45, 2.75) is 74.7 Å². The van der Waals surface area contributed by atoms with Gasteiger partial charge in [0.25, 0.3) is 0 Å². The fourth-order valence-corrected chi connectivity index (χ4v) is 9.43. The van der Waals surface area contributed by atoms with Gasteiger partial charge in [-0.05, 0) is 74.6 Å². The second kappa shape index (κ2) is 7.51. The number of fused-ring (bicyclic) bond motifs is 2. The molecule has 2 aromatic carbocycles. The van der Waals surface area contributed by atoms with Crippen LogP contribution in [0.1, 0.15) is 55.2 Å². The molecule has 4 saturated carbocycles. The van der Waals surface area contributed by atoms with E-state index in [1.165, 1.54) is 30.5 Å². The second-order valence-corrected chi connectivity index (χ2v) is 12.6. The third-order valence-corrected chi connectivity index (χ3v) is 11.1. The van der Waals surface area contributed by atoms with Crippen LogP contribution in [0.5, 0.6) is 11.5 Å². The predicted molar refractivity (Wildman–Crippen MR) is 139 cm³/mol. The van der Waals surface area contributed by atoms with Crippen LogP contribution in [0.15, 0.2) is 42.5 Å². The summed E-state index contributed by atoms with van der Waals surface area (Å²) < 4.78 is 12.6. The average Bonchev–Trinajstić information content (AvgIpc) is 3.66. The number of likely N-dealkylation sites (tertiary alicyclic amines) is 1. The number of nitrogens with zero attached hydrogens (tertiary/aromatic N) is 1. The summed E-state index contributed by atoms with van der Waals surface area (Å²) in [4.78, 5) is 16.6. The monoisotopic (exact) mass is 500 g/mol. The summed E-state index contributed by atoms with van der Waals surface area (Å²) in [6.45, 7) is 2.69. The second-order valence-electron chi connectivity index (χ2n) is 12.6. The molecule has 2 aromatic rings. The van der Waals surface area contributed by atoms with E-state index in [1.807, 2.05) is 36.4 Å². The van der Waals surface area contributed by atoms with Gasteiger partial charge in [-0.25, -0.2) is 0 Å². The first-order valence-corrected chi connectivity index (χ1v) is 14.2. The largest absolute Gasteiger partial charge is 0.493 e. The van der Waals surface area contributed by atoms with E-state index in [9.17, 15) is 9.90 Å². The number of carbonyl (C=O) groups is 1. The molecule has 6 nitrogen and oxygen atoms in total. The molecule has 2 N–H and O–H groups in total.